The molecule has 1 N–H and O–H groups in total. The molecule has 0 heterocycles. The van der Waals surface area contributed by atoms with Crippen molar-refractivity contribution >= 4 is 27.3 Å². The van der Waals surface area contributed by atoms with Gasteiger partial charge < -0.3 is 10.1 Å². The minimum Gasteiger partial charge on any atom is -0.497 e. The average molecular weight is 414 g/mol. The molecule has 1 amide bonds. The Morgan fingerprint density at radius 1 is 0.966 bits per heavy atom. The average Bonchev–Trinajstić information content (AvgIpc) is 2.73. The molecular formula is C21H19FN2O4S. The number of rotatable bonds is 7. The molecule has 0 bridgehead atoms. The van der Waals surface area contributed by atoms with Crippen molar-refractivity contribution in [3.63, 3.8) is 0 Å². The van der Waals surface area contributed by atoms with Crippen LogP contribution in [0.25, 0.3) is 0 Å². The Balaban J connectivity index is 1.93. The largest absolute Gasteiger partial charge is 0.497 e. The third-order valence-corrected chi connectivity index (χ3v) is 5.89. The van der Waals surface area contributed by atoms with Crippen LogP contribution in [0.15, 0.2) is 83.8 Å². The van der Waals surface area contributed by atoms with Gasteiger partial charge in [-0.3, -0.25) is 9.10 Å². The van der Waals surface area contributed by atoms with E-state index in [9.17, 15) is 17.6 Å². The summed E-state index contributed by atoms with van der Waals surface area (Å²) in [7, 11) is -2.61. The van der Waals surface area contributed by atoms with E-state index in [1.807, 2.05) is 0 Å². The first-order valence-corrected chi connectivity index (χ1v) is 10.1. The lowest BCUT2D eigenvalue weighted by Gasteiger charge is -2.24. The van der Waals surface area contributed by atoms with E-state index in [0.717, 1.165) is 16.4 Å². The zero-order valence-corrected chi connectivity index (χ0v) is 16.4. The summed E-state index contributed by atoms with van der Waals surface area (Å²) < 4.78 is 45.8. The van der Waals surface area contributed by atoms with Crippen LogP contribution in [0.5, 0.6) is 5.75 Å². The molecule has 0 unspecified atom stereocenters. The van der Waals surface area contributed by atoms with E-state index in [1.165, 1.54) is 43.5 Å². The second-order valence-corrected chi connectivity index (χ2v) is 7.94. The Kier molecular flexibility index (Phi) is 6.13. The number of amides is 1. The Hall–Kier alpha value is -3.39. The van der Waals surface area contributed by atoms with Crippen LogP contribution < -0.4 is 14.4 Å². The van der Waals surface area contributed by atoms with E-state index < -0.39 is 28.3 Å². The van der Waals surface area contributed by atoms with Crippen molar-refractivity contribution in [1.82, 2.24) is 0 Å². The minimum atomic E-state index is -4.08. The monoisotopic (exact) mass is 414 g/mol. The van der Waals surface area contributed by atoms with E-state index in [-0.39, 0.29) is 10.6 Å². The van der Waals surface area contributed by atoms with Crippen molar-refractivity contribution in [3.05, 3.63) is 84.7 Å². The Labute approximate surface area is 168 Å². The van der Waals surface area contributed by atoms with Crippen LogP contribution in [-0.4, -0.2) is 28.0 Å². The standard InChI is InChI=1S/C21H19FN2O4S/c1-28-19-11-13-20(14-12-19)29(26,27)24(18-9-7-16(22)8-10-18)15-21(25)23-17-5-3-2-4-6-17/h2-14H,15H2,1H3,(H,23,25). The molecule has 29 heavy (non-hydrogen) atoms. The number of para-hydroxylation sites is 1. The van der Waals surface area contributed by atoms with Gasteiger partial charge in [0.15, 0.2) is 0 Å². The fourth-order valence-corrected chi connectivity index (χ4v) is 4.07. The molecule has 0 aliphatic heterocycles. The maximum absolute atomic E-state index is 13.3. The number of anilines is 2. The zero-order valence-electron chi connectivity index (χ0n) is 15.6. The molecule has 0 atom stereocenters. The molecule has 0 saturated carbocycles. The molecule has 3 rings (SSSR count). The highest BCUT2D eigenvalue weighted by Crippen LogP contribution is 2.25. The van der Waals surface area contributed by atoms with Gasteiger partial charge in [-0.2, -0.15) is 0 Å². The number of carbonyl (C=O) groups is 1. The van der Waals surface area contributed by atoms with Gasteiger partial charge in [-0.15, -0.1) is 0 Å². The van der Waals surface area contributed by atoms with Gasteiger partial charge in [-0.25, -0.2) is 12.8 Å². The van der Waals surface area contributed by atoms with Crippen LogP contribution in [0.2, 0.25) is 0 Å². The van der Waals surface area contributed by atoms with Crippen LogP contribution in [-0.2, 0) is 14.8 Å². The second kappa shape index (κ2) is 8.74. The second-order valence-electron chi connectivity index (χ2n) is 6.08. The first kappa shape index (κ1) is 20.3. The van der Waals surface area contributed by atoms with E-state index in [0.29, 0.717) is 11.4 Å². The van der Waals surface area contributed by atoms with Crippen LogP contribution in [0, 0.1) is 5.82 Å². The van der Waals surface area contributed by atoms with Crippen molar-refractivity contribution < 1.29 is 22.3 Å². The van der Waals surface area contributed by atoms with E-state index in [4.69, 9.17) is 4.74 Å². The maximum atomic E-state index is 13.3. The highest BCUT2D eigenvalue weighted by molar-refractivity contribution is 7.92. The lowest BCUT2D eigenvalue weighted by Crippen LogP contribution is -2.38. The maximum Gasteiger partial charge on any atom is 0.264 e. The fraction of sp³-hybridized carbons (Fsp3) is 0.0952. The van der Waals surface area contributed by atoms with Crippen molar-refractivity contribution in [2.45, 2.75) is 4.90 Å². The molecular weight excluding hydrogens is 395 g/mol. The molecule has 0 radical (unpaired) electrons. The van der Waals surface area contributed by atoms with E-state index >= 15 is 0 Å². The molecule has 6 nitrogen and oxygen atoms in total. The van der Waals surface area contributed by atoms with Crippen LogP contribution in [0.3, 0.4) is 0 Å². The predicted molar refractivity (Wildman–Crippen MR) is 109 cm³/mol. The molecule has 0 saturated heterocycles. The smallest absolute Gasteiger partial charge is 0.264 e. The van der Waals surface area contributed by atoms with Gasteiger partial charge in [0.25, 0.3) is 10.0 Å². The zero-order chi connectivity index (χ0) is 20.9. The highest BCUT2D eigenvalue weighted by atomic mass is 32.2. The molecule has 0 aromatic heterocycles. The van der Waals surface area contributed by atoms with Crippen molar-refractivity contribution in [2.75, 3.05) is 23.3 Å². The molecule has 0 aliphatic rings. The number of benzene rings is 3. The van der Waals surface area contributed by atoms with Crippen LogP contribution >= 0.6 is 0 Å². The lowest BCUT2D eigenvalue weighted by molar-refractivity contribution is -0.114. The highest BCUT2D eigenvalue weighted by Gasteiger charge is 2.27. The van der Waals surface area contributed by atoms with Crippen molar-refractivity contribution in [1.29, 1.82) is 0 Å². The summed E-state index contributed by atoms with van der Waals surface area (Å²) in [5.41, 5.74) is 0.712. The summed E-state index contributed by atoms with van der Waals surface area (Å²) in [6.07, 6.45) is 0. The Morgan fingerprint density at radius 3 is 2.17 bits per heavy atom. The SMILES string of the molecule is COc1ccc(S(=O)(=O)N(CC(=O)Nc2ccccc2)c2ccc(F)cc2)cc1. The number of hydrogen-bond donors (Lipinski definition) is 1. The molecule has 150 valence electrons. The number of halogens is 1. The summed E-state index contributed by atoms with van der Waals surface area (Å²) >= 11 is 0. The first-order valence-electron chi connectivity index (χ1n) is 8.67. The lowest BCUT2D eigenvalue weighted by atomic mass is 10.3. The summed E-state index contributed by atoms with van der Waals surface area (Å²) in [5, 5.41) is 2.66. The summed E-state index contributed by atoms with van der Waals surface area (Å²) in [5.74, 6) is -0.541. The molecule has 0 fully saturated rings. The summed E-state index contributed by atoms with van der Waals surface area (Å²) in [6, 6.07) is 19.4. The summed E-state index contributed by atoms with van der Waals surface area (Å²) in [4.78, 5) is 12.5. The number of nitrogens with one attached hydrogen (secondary N) is 1. The predicted octanol–water partition coefficient (Wildman–Crippen LogP) is 3.67. The number of nitrogens with zero attached hydrogens (tertiary/aromatic N) is 1. The van der Waals surface area contributed by atoms with Gasteiger partial charge in [-0.1, -0.05) is 18.2 Å². The normalized spacial score (nSPS) is 11.0. The van der Waals surface area contributed by atoms with Gasteiger partial charge in [-0.05, 0) is 60.7 Å². The molecule has 0 aliphatic carbocycles. The van der Waals surface area contributed by atoms with Gasteiger partial charge >= 0.3 is 0 Å². The van der Waals surface area contributed by atoms with Gasteiger partial charge in [0.1, 0.15) is 18.1 Å². The molecule has 8 heteroatoms. The van der Waals surface area contributed by atoms with Crippen LogP contribution in [0.1, 0.15) is 0 Å². The third-order valence-electron chi connectivity index (χ3n) is 4.11. The van der Waals surface area contributed by atoms with Gasteiger partial charge in [0.2, 0.25) is 5.91 Å². The molecule has 0 spiro atoms. The number of methoxy groups -OCH3 is 1. The fourth-order valence-electron chi connectivity index (χ4n) is 2.65. The van der Waals surface area contributed by atoms with E-state index in [1.54, 1.807) is 30.3 Å². The van der Waals surface area contributed by atoms with Gasteiger partial charge in [0.05, 0.1) is 17.7 Å². The molecule has 3 aromatic rings. The Morgan fingerprint density at radius 2 is 1.59 bits per heavy atom. The number of ether oxygens (including phenoxy) is 1. The quantitative estimate of drug-likeness (QED) is 0.640. The first-order chi connectivity index (χ1) is 13.9. The van der Waals surface area contributed by atoms with Crippen LogP contribution in [0.4, 0.5) is 15.8 Å². The van der Waals surface area contributed by atoms with Crippen molar-refractivity contribution in [3.8, 4) is 5.75 Å². The van der Waals surface area contributed by atoms with Gasteiger partial charge in [0, 0.05) is 5.69 Å². The summed E-state index contributed by atoms with van der Waals surface area (Å²) in [6.45, 7) is -0.477. The third kappa shape index (κ3) is 4.91. The van der Waals surface area contributed by atoms with E-state index in [2.05, 4.69) is 5.32 Å². The number of carbonyl (C=O) groups excluding carboxylic acids is 1. The number of hydrogen-bond acceptors (Lipinski definition) is 4. The Bertz CT molecular complexity index is 1070. The minimum absolute atomic E-state index is 0.0184. The molecule has 3 aromatic carbocycles. The number of sulfonamides is 1. The van der Waals surface area contributed by atoms with Crippen molar-refractivity contribution in [2.24, 2.45) is 0 Å². The topological polar surface area (TPSA) is 75.7 Å².